The highest BCUT2D eigenvalue weighted by molar-refractivity contribution is 5.77. The highest BCUT2D eigenvalue weighted by Crippen LogP contribution is 1.93. The van der Waals surface area contributed by atoms with E-state index in [-0.39, 0.29) is 31.6 Å². The lowest BCUT2D eigenvalue weighted by molar-refractivity contribution is -0.124. The molecule has 0 aliphatic carbocycles. The Morgan fingerprint density at radius 3 is 2.45 bits per heavy atom. The quantitative estimate of drug-likeness (QED) is 0.441. The molecule has 130 valence electrons. The van der Waals surface area contributed by atoms with Gasteiger partial charge in [0.15, 0.2) is 0 Å². The van der Waals surface area contributed by atoms with E-state index in [1.54, 1.807) is 0 Å². The van der Waals surface area contributed by atoms with Crippen LogP contribution in [0.1, 0.15) is 19.8 Å². The van der Waals surface area contributed by atoms with E-state index in [4.69, 9.17) is 9.47 Å². The van der Waals surface area contributed by atoms with Crippen LogP contribution in [0.3, 0.4) is 0 Å². The molecular weight excluding hydrogens is 295 g/mol. The summed E-state index contributed by atoms with van der Waals surface area (Å²) in [6, 6.07) is 0. The molecular formula is C14H27FN2O5. The lowest BCUT2D eigenvalue weighted by Crippen LogP contribution is -2.30. The molecule has 0 saturated carbocycles. The average molecular weight is 322 g/mol. The molecule has 0 rings (SSSR count). The molecule has 0 spiro atoms. The Morgan fingerprint density at radius 1 is 1.09 bits per heavy atom. The van der Waals surface area contributed by atoms with E-state index in [1.807, 2.05) is 0 Å². The third kappa shape index (κ3) is 15.1. The van der Waals surface area contributed by atoms with Crippen LogP contribution in [0.4, 0.5) is 4.39 Å². The fourth-order valence-corrected chi connectivity index (χ4v) is 1.47. The second kappa shape index (κ2) is 14.7. The van der Waals surface area contributed by atoms with Crippen molar-refractivity contribution in [2.45, 2.75) is 25.9 Å². The maximum absolute atomic E-state index is 13.2. The number of halogens is 1. The molecule has 0 bridgehead atoms. The second-order valence-corrected chi connectivity index (χ2v) is 4.71. The number of carbonyl (C=O) groups is 2. The van der Waals surface area contributed by atoms with Crippen molar-refractivity contribution in [1.82, 2.24) is 10.6 Å². The van der Waals surface area contributed by atoms with Crippen molar-refractivity contribution in [1.29, 1.82) is 0 Å². The number of methoxy groups -OCH3 is 1. The molecule has 0 aliphatic rings. The van der Waals surface area contributed by atoms with Crippen LogP contribution in [0.5, 0.6) is 0 Å². The van der Waals surface area contributed by atoms with Gasteiger partial charge < -0.3 is 24.8 Å². The van der Waals surface area contributed by atoms with Crippen molar-refractivity contribution in [3.05, 3.63) is 0 Å². The first kappa shape index (κ1) is 20.8. The molecule has 0 aromatic heterocycles. The van der Waals surface area contributed by atoms with Crippen molar-refractivity contribution in [2.24, 2.45) is 0 Å². The zero-order chi connectivity index (χ0) is 16.6. The minimum Gasteiger partial charge on any atom is -0.381 e. The predicted molar refractivity (Wildman–Crippen MR) is 79.3 cm³/mol. The third-order valence-corrected chi connectivity index (χ3v) is 2.51. The largest absolute Gasteiger partial charge is 0.381 e. The highest BCUT2D eigenvalue weighted by Gasteiger charge is 2.06. The fourth-order valence-electron chi connectivity index (χ4n) is 1.47. The summed E-state index contributed by atoms with van der Waals surface area (Å²) in [7, 11) is 1.47. The van der Waals surface area contributed by atoms with Crippen LogP contribution in [-0.2, 0) is 23.8 Å². The van der Waals surface area contributed by atoms with Gasteiger partial charge in [-0.25, -0.2) is 4.39 Å². The Hall–Kier alpha value is -1.25. The van der Waals surface area contributed by atoms with Gasteiger partial charge in [-0.15, -0.1) is 0 Å². The molecule has 2 amide bonds. The SMILES string of the molecule is COCC(=O)NCCCOCCCOCC(F)CNC(C)=O. The Morgan fingerprint density at radius 2 is 1.77 bits per heavy atom. The molecule has 0 aliphatic heterocycles. The smallest absolute Gasteiger partial charge is 0.245 e. The van der Waals surface area contributed by atoms with Gasteiger partial charge in [-0.1, -0.05) is 0 Å². The number of amides is 2. The van der Waals surface area contributed by atoms with E-state index in [1.165, 1.54) is 14.0 Å². The van der Waals surface area contributed by atoms with E-state index in [9.17, 15) is 14.0 Å². The van der Waals surface area contributed by atoms with Crippen LogP contribution in [0.2, 0.25) is 0 Å². The number of nitrogens with one attached hydrogen (secondary N) is 2. The minimum absolute atomic E-state index is 0.0272. The summed E-state index contributed by atoms with van der Waals surface area (Å²) >= 11 is 0. The molecule has 0 aromatic carbocycles. The van der Waals surface area contributed by atoms with Gasteiger partial charge in [-0.3, -0.25) is 9.59 Å². The number of ether oxygens (including phenoxy) is 3. The summed E-state index contributed by atoms with van der Waals surface area (Å²) in [5.74, 6) is -0.398. The van der Waals surface area contributed by atoms with E-state index >= 15 is 0 Å². The normalized spacial score (nSPS) is 12.0. The first-order valence-electron chi connectivity index (χ1n) is 7.36. The maximum Gasteiger partial charge on any atom is 0.245 e. The van der Waals surface area contributed by atoms with Crippen molar-refractivity contribution >= 4 is 11.8 Å². The summed E-state index contributed by atoms with van der Waals surface area (Å²) < 4.78 is 28.3. The Bertz CT molecular complexity index is 305. The van der Waals surface area contributed by atoms with Crippen molar-refractivity contribution in [3.63, 3.8) is 0 Å². The molecule has 0 radical (unpaired) electrons. The van der Waals surface area contributed by atoms with E-state index in [0.29, 0.717) is 32.8 Å². The van der Waals surface area contributed by atoms with Crippen molar-refractivity contribution in [3.8, 4) is 0 Å². The molecule has 0 fully saturated rings. The van der Waals surface area contributed by atoms with Gasteiger partial charge in [0.2, 0.25) is 11.8 Å². The van der Waals surface area contributed by atoms with Gasteiger partial charge in [-0.2, -0.15) is 0 Å². The van der Waals surface area contributed by atoms with Crippen LogP contribution < -0.4 is 10.6 Å². The molecule has 8 heteroatoms. The molecule has 0 heterocycles. The molecule has 2 N–H and O–H groups in total. The zero-order valence-corrected chi connectivity index (χ0v) is 13.4. The molecule has 1 atom stereocenters. The average Bonchev–Trinajstić information content (AvgIpc) is 2.47. The number of hydrogen-bond acceptors (Lipinski definition) is 5. The van der Waals surface area contributed by atoms with Crippen LogP contribution in [0.25, 0.3) is 0 Å². The molecule has 22 heavy (non-hydrogen) atoms. The second-order valence-electron chi connectivity index (χ2n) is 4.71. The molecule has 0 aromatic rings. The standard InChI is InChI=1S/C14H27FN2O5/c1-12(18)17-9-13(15)10-22-8-4-7-21-6-3-5-16-14(19)11-20-2/h13H,3-11H2,1-2H3,(H,16,19)(H,17,18). The molecule has 7 nitrogen and oxygen atoms in total. The van der Waals surface area contributed by atoms with Gasteiger partial charge in [0.1, 0.15) is 12.8 Å². The summed E-state index contributed by atoms with van der Waals surface area (Å²) in [5, 5.41) is 5.07. The van der Waals surface area contributed by atoms with Crippen molar-refractivity contribution in [2.75, 3.05) is 53.2 Å². The maximum atomic E-state index is 13.2. The van der Waals surface area contributed by atoms with Gasteiger partial charge in [0.25, 0.3) is 0 Å². The van der Waals surface area contributed by atoms with Gasteiger partial charge in [0.05, 0.1) is 13.2 Å². The van der Waals surface area contributed by atoms with Crippen LogP contribution in [0.15, 0.2) is 0 Å². The Balaban J connectivity index is 3.20. The lowest BCUT2D eigenvalue weighted by atomic mass is 10.4. The predicted octanol–water partition coefficient (Wildman–Crippen LogP) is 0.0366. The van der Waals surface area contributed by atoms with E-state index in [0.717, 1.165) is 6.42 Å². The first-order valence-corrected chi connectivity index (χ1v) is 7.36. The summed E-state index contributed by atoms with van der Waals surface area (Å²) in [6.45, 7) is 3.36. The number of alkyl halides is 1. The molecule has 0 saturated heterocycles. The summed E-state index contributed by atoms with van der Waals surface area (Å²) in [6.07, 6.45) is 0.197. The van der Waals surface area contributed by atoms with Crippen LogP contribution in [-0.4, -0.2) is 71.2 Å². The van der Waals surface area contributed by atoms with E-state index < -0.39 is 6.17 Å². The summed E-state index contributed by atoms with van der Waals surface area (Å²) in [4.78, 5) is 21.6. The van der Waals surface area contributed by atoms with Gasteiger partial charge >= 0.3 is 0 Å². The zero-order valence-electron chi connectivity index (χ0n) is 13.4. The fraction of sp³-hybridized carbons (Fsp3) is 0.857. The highest BCUT2D eigenvalue weighted by atomic mass is 19.1. The topological polar surface area (TPSA) is 85.9 Å². The minimum atomic E-state index is -1.19. The number of hydrogen-bond donors (Lipinski definition) is 2. The van der Waals surface area contributed by atoms with Gasteiger partial charge in [-0.05, 0) is 12.8 Å². The monoisotopic (exact) mass is 322 g/mol. The molecule has 1 unspecified atom stereocenters. The van der Waals surface area contributed by atoms with Gasteiger partial charge in [0, 0.05) is 40.4 Å². The van der Waals surface area contributed by atoms with Crippen molar-refractivity contribution < 1.29 is 28.2 Å². The Kier molecular flexibility index (Phi) is 13.8. The van der Waals surface area contributed by atoms with Crippen LogP contribution >= 0.6 is 0 Å². The van der Waals surface area contributed by atoms with E-state index in [2.05, 4.69) is 15.4 Å². The summed E-state index contributed by atoms with van der Waals surface area (Å²) in [5.41, 5.74) is 0. The number of rotatable bonds is 14. The Labute approximate surface area is 130 Å². The van der Waals surface area contributed by atoms with Crippen LogP contribution in [0, 0.1) is 0 Å². The third-order valence-electron chi connectivity index (χ3n) is 2.51. The number of carbonyl (C=O) groups excluding carboxylic acids is 2. The first-order chi connectivity index (χ1) is 10.6. The lowest BCUT2D eigenvalue weighted by Gasteiger charge is -2.10.